The predicted octanol–water partition coefficient (Wildman–Crippen LogP) is 4.82. The van der Waals surface area contributed by atoms with E-state index in [0.717, 1.165) is 18.8 Å². The van der Waals surface area contributed by atoms with E-state index in [1.165, 1.54) is 29.5 Å². The van der Waals surface area contributed by atoms with Gasteiger partial charge in [-0.2, -0.15) is 0 Å². The van der Waals surface area contributed by atoms with E-state index in [1.54, 1.807) is 7.11 Å². The van der Waals surface area contributed by atoms with Crippen molar-refractivity contribution in [2.75, 3.05) is 13.7 Å². The van der Waals surface area contributed by atoms with Gasteiger partial charge in [-0.05, 0) is 42.5 Å². The van der Waals surface area contributed by atoms with Crippen LogP contribution in [0, 0.1) is 0 Å². The van der Waals surface area contributed by atoms with Gasteiger partial charge in [0.1, 0.15) is 5.75 Å². The standard InChI is InChI=1S/C22H30N2O.ClH/c1-16(2)18-11-12-21(25-3)19(14-18)15-24-20-10-7-13-23-22(20)17-8-5-4-6-9-17;/h4-6,8-9,11-12,14,16,20,22-24H,7,10,13,15H2,1-3H3;1H/t20-,22-;/m0./s1. The molecule has 1 aliphatic rings. The van der Waals surface area contributed by atoms with Gasteiger partial charge in [0.25, 0.3) is 0 Å². The van der Waals surface area contributed by atoms with Crippen molar-refractivity contribution in [3.8, 4) is 5.75 Å². The molecule has 3 rings (SSSR count). The summed E-state index contributed by atoms with van der Waals surface area (Å²) < 4.78 is 5.58. The molecule has 0 aliphatic carbocycles. The van der Waals surface area contributed by atoms with Gasteiger partial charge in [0, 0.05) is 24.2 Å². The van der Waals surface area contributed by atoms with Crippen LogP contribution < -0.4 is 15.4 Å². The molecule has 0 unspecified atom stereocenters. The smallest absolute Gasteiger partial charge is 0.123 e. The number of halogens is 1. The van der Waals surface area contributed by atoms with Crippen LogP contribution in [0.1, 0.15) is 55.3 Å². The number of hydrogen-bond acceptors (Lipinski definition) is 3. The first-order valence-electron chi connectivity index (χ1n) is 9.37. The van der Waals surface area contributed by atoms with Gasteiger partial charge >= 0.3 is 0 Å². The van der Waals surface area contributed by atoms with E-state index >= 15 is 0 Å². The van der Waals surface area contributed by atoms with Gasteiger partial charge < -0.3 is 15.4 Å². The highest BCUT2D eigenvalue weighted by molar-refractivity contribution is 5.85. The predicted molar refractivity (Wildman–Crippen MR) is 111 cm³/mol. The molecule has 142 valence electrons. The minimum atomic E-state index is 0. The minimum absolute atomic E-state index is 0. The van der Waals surface area contributed by atoms with Crippen molar-refractivity contribution in [3.05, 3.63) is 65.2 Å². The Balaban J connectivity index is 0.00000243. The first kappa shape index (κ1) is 20.8. The molecule has 1 saturated heterocycles. The van der Waals surface area contributed by atoms with Gasteiger partial charge in [0.05, 0.1) is 7.11 Å². The van der Waals surface area contributed by atoms with Gasteiger partial charge in [-0.15, -0.1) is 12.4 Å². The molecule has 0 amide bonds. The third-order valence-corrected chi connectivity index (χ3v) is 5.14. The summed E-state index contributed by atoms with van der Waals surface area (Å²) >= 11 is 0. The summed E-state index contributed by atoms with van der Waals surface area (Å²) in [5.74, 6) is 1.50. The average Bonchev–Trinajstić information content (AvgIpc) is 2.67. The molecule has 2 aromatic carbocycles. The van der Waals surface area contributed by atoms with Crippen molar-refractivity contribution in [1.82, 2.24) is 10.6 Å². The lowest BCUT2D eigenvalue weighted by molar-refractivity contribution is 0.303. The molecule has 2 aromatic rings. The van der Waals surface area contributed by atoms with E-state index in [9.17, 15) is 0 Å². The molecular weight excluding hydrogens is 344 g/mol. The Bertz CT molecular complexity index is 675. The molecule has 0 saturated carbocycles. The maximum Gasteiger partial charge on any atom is 0.123 e. The third-order valence-electron chi connectivity index (χ3n) is 5.14. The first-order chi connectivity index (χ1) is 12.2. The van der Waals surface area contributed by atoms with Gasteiger partial charge in [-0.1, -0.05) is 56.3 Å². The van der Waals surface area contributed by atoms with Gasteiger partial charge in [-0.25, -0.2) is 0 Å². The minimum Gasteiger partial charge on any atom is -0.496 e. The van der Waals surface area contributed by atoms with E-state index in [2.05, 4.69) is 73.0 Å². The van der Waals surface area contributed by atoms with Crippen molar-refractivity contribution in [2.24, 2.45) is 0 Å². The fourth-order valence-corrected chi connectivity index (χ4v) is 3.66. The molecule has 1 heterocycles. The van der Waals surface area contributed by atoms with Gasteiger partial charge in [0.2, 0.25) is 0 Å². The molecule has 0 radical (unpaired) electrons. The molecule has 0 aromatic heterocycles. The molecule has 0 spiro atoms. The van der Waals surface area contributed by atoms with Crippen molar-refractivity contribution in [3.63, 3.8) is 0 Å². The number of piperidine rings is 1. The fourth-order valence-electron chi connectivity index (χ4n) is 3.66. The average molecular weight is 375 g/mol. The van der Waals surface area contributed by atoms with Crippen molar-refractivity contribution < 1.29 is 4.74 Å². The highest BCUT2D eigenvalue weighted by atomic mass is 35.5. The van der Waals surface area contributed by atoms with Crippen molar-refractivity contribution >= 4 is 12.4 Å². The van der Waals surface area contributed by atoms with E-state index in [1.807, 2.05) is 0 Å². The lowest BCUT2D eigenvalue weighted by atomic mass is 9.92. The summed E-state index contributed by atoms with van der Waals surface area (Å²) in [6.07, 6.45) is 2.41. The van der Waals surface area contributed by atoms with Crippen LogP contribution in [0.15, 0.2) is 48.5 Å². The van der Waals surface area contributed by atoms with Gasteiger partial charge in [-0.3, -0.25) is 0 Å². The Hall–Kier alpha value is -1.55. The van der Waals surface area contributed by atoms with E-state index in [4.69, 9.17) is 4.74 Å². The molecular formula is C22H31ClN2O. The number of benzene rings is 2. The molecule has 0 bridgehead atoms. The Labute approximate surface area is 163 Å². The summed E-state index contributed by atoms with van der Waals surface area (Å²) in [5.41, 5.74) is 3.97. The summed E-state index contributed by atoms with van der Waals surface area (Å²) in [7, 11) is 1.75. The zero-order valence-corrected chi connectivity index (χ0v) is 16.8. The molecule has 1 aliphatic heterocycles. The molecule has 1 fully saturated rings. The number of methoxy groups -OCH3 is 1. The normalized spacial score (nSPS) is 19.8. The number of hydrogen-bond donors (Lipinski definition) is 2. The van der Waals surface area contributed by atoms with Gasteiger partial charge in [0.15, 0.2) is 0 Å². The zero-order valence-electron chi connectivity index (χ0n) is 16.0. The first-order valence-corrected chi connectivity index (χ1v) is 9.37. The van der Waals surface area contributed by atoms with E-state index < -0.39 is 0 Å². The van der Waals surface area contributed by atoms with E-state index in [0.29, 0.717) is 18.0 Å². The topological polar surface area (TPSA) is 33.3 Å². The lowest BCUT2D eigenvalue weighted by Gasteiger charge is -2.34. The summed E-state index contributed by atoms with van der Waals surface area (Å²) in [5, 5.41) is 7.47. The number of ether oxygens (including phenoxy) is 1. The molecule has 3 nitrogen and oxygen atoms in total. The van der Waals surface area contributed by atoms with Crippen LogP contribution in [0.5, 0.6) is 5.75 Å². The molecule has 4 heteroatoms. The van der Waals surface area contributed by atoms with Crippen LogP contribution >= 0.6 is 12.4 Å². The second-order valence-electron chi connectivity index (χ2n) is 7.20. The SMILES string of the molecule is COc1ccc(C(C)C)cc1CN[C@H]1CCCN[C@H]1c1ccccc1.Cl. The van der Waals surface area contributed by atoms with Crippen LogP contribution in [0.2, 0.25) is 0 Å². The van der Waals surface area contributed by atoms with Crippen LogP contribution in [0.25, 0.3) is 0 Å². The quantitative estimate of drug-likeness (QED) is 0.760. The third kappa shape index (κ3) is 5.00. The summed E-state index contributed by atoms with van der Waals surface area (Å²) in [6.45, 7) is 6.38. The Morgan fingerprint density at radius 3 is 2.62 bits per heavy atom. The molecule has 26 heavy (non-hydrogen) atoms. The van der Waals surface area contributed by atoms with Crippen molar-refractivity contribution in [1.29, 1.82) is 0 Å². The van der Waals surface area contributed by atoms with Crippen molar-refractivity contribution in [2.45, 2.75) is 51.2 Å². The summed E-state index contributed by atoms with van der Waals surface area (Å²) in [4.78, 5) is 0. The van der Waals surface area contributed by atoms with E-state index in [-0.39, 0.29) is 12.4 Å². The Kier molecular flexibility index (Phi) is 7.95. The highest BCUT2D eigenvalue weighted by Crippen LogP contribution is 2.27. The fraction of sp³-hybridized carbons (Fsp3) is 0.455. The zero-order chi connectivity index (χ0) is 17.6. The van der Waals surface area contributed by atoms with Crippen LogP contribution in [-0.2, 0) is 6.54 Å². The largest absolute Gasteiger partial charge is 0.496 e. The Morgan fingerprint density at radius 1 is 1.15 bits per heavy atom. The lowest BCUT2D eigenvalue weighted by Crippen LogP contribution is -2.45. The van der Waals surface area contributed by atoms with Crippen LogP contribution in [-0.4, -0.2) is 19.7 Å². The molecule has 2 atom stereocenters. The number of rotatable bonds is 6. The number of nitrogens with one attached hydrogen (secondary N) is 2. The maximum absolute atomic E-state index is 5.58. The summed E-state index contributed by atoms with van der Waals surface area (Å²) in [6, 6.07) is 18.1. The Morgan fingerprint density at radius 2 is 1.92 bits per heavy atom. The van der Waals surface area contributed by atoms with Crippen LogP contribution in [0.4, 0.5) is 0 Å². The molecule has 2 N–H and O–H groups in total. The monoisotopic (exact) mass is 374 g/mol. The highest BCUT2D eigenvalue weighted by Gasteiger charge is 2.25. The second kappa shape index (κ2) is 9.96. The van der Waals surface area contributed by atoms with Crippen LogP contribution in [0.3, 0.4) is 0 Å². The second-order valence-corrected chi connectivity index (χ2v) is 7.20. The maximum atomic E-state index is 5.58.